The van der Waals surface area contributed by atoms with E-state index in [1.54, 1.807) is 0 Å². The molecule has 1 aliphatic heterocycles. The number of urea groups is 1. The average molecular weight is 300 g/mol. The van der Waals surface area contributed by atoms with Crippen molar-refractivity contribution in [2.45, 2.75) is 44.2 Å². The Hall–Kier alpha value is -1.81. The highest BCUT2D eigenvalue weighted by atomic mass is 16.5. The van der Waals surface area contributed by atoms with Crippen LogP contribution in [-0.4, -0.2) is 24.8 Å². The molecule has 3 rings (SSSR count). The predicted octanol–water partition coefficient (Wildman–Crippen LogP) is 3.49. The van der Waals surface area contributed by atoms with Gasteiger partial charge in [-0.2, -0.15) is 0 Å². The SMILES string of the molecule is C=CCCc1ccccc1NC(=O)N[C@H]1CCO[C@H]1C1CC1. The number of rotatable bonds is 6. The van der Waals surface area contributed by atoms with Gasteiger partial charge in [0.2, 0.25) is 0 Å². The summed E-state index contributed by atoms with van der Waals surface area (Å²) < 4.78 is 5.76. The van der Waals surface area contributed by atoms with Gasteiger partial charge in [-0.3, -0.25) is 0 Å². The molecule has 2 N–H and O–H groups in total. The zero-order valence-electron chi connectivity index (χ0n) is 12.9. The first-order valence-corrected chi connectivity index (χ1v) is 8.16. The second-order valence-corrected chi connectivity index (χ2v) is 6.15. The quantitative estimate of drug-likeness (QED) is 0.790. The number of allylic oxidation sites excluding steroid dienone is 1. The lowest BCUT2D eigenvalue weighted by Gasteiger charge is -2.20. The Morgan fingerprint density at radius 3 is 2.91 bits per heavy atom. The number of benzene rings is 1. The van der Waals surface area contributed by atoms with Crippen LogP contribution in [0.2, 0.25) is 0 Å². The van der Waals surface area contributed by atoms with Crippen LogP contribution in [0.15, 0.2) is 36.9 Å². The number of hydrogen-bond acceptors (Lipinski definition) is 2. The highest BCUT2D eigenvalue weighted by Gasteiger charge is 2.41. The summed E-state index contributed by atoms with van der Waals surface area (Å²) in [5, 5.41) is 6.07. The van der Waals surface area contributed by atoms with Crippen molar-refractivity contribution >= 4 is 11.7 Å². The fraction of sp³-hybridized carbons (Fsp3) is 0.500. The number of aryl methyl sites for hydroxylation is 1. The van der Waals surface area contributed by atoms with Crippen LogP contribution in [0, 0.1) is 5.92 Å². The molecule has 2 aliphatic rings. The van der Waals surface area contributed by atoms with Crippen LogP contribution in [0.3, 0.4) is 0 Å². The summed E-state index contributed by atoms with van der Waals surface area (Å²) in [6.45, 7) is 4.50. The standard InChI is InChI=1S/C18H24N2O2/c1-2-3-6-13-7-4-5-8-15(13)19-18(21)20-16-11-12-22-17(16)14-9-10-14/h2,4-5,7-8,14,16-17H,1,3,6,9-12H2,(H2,19,20,21)/t16-,17-/m0/s1. The maximum atomic E-state index is 12.3. The Balaban J connectivity index is 1.58. The molecule has 118 valence electrons. The number of ether oxygens (including phenoxy) is 1. The second kappa shape index (κ2) is 6.97. The van der Waals surface area contributed by atoms with Gasteiger partial charge in [-0.25, -0.2) is 4.79 Å². The monoisotopic (exact) mass is 300 g/mol. The van der Waals surface area contributed by atoms with Gasteiger partial charge in [0.25, 0.3) is 0 Å². The minimum atomic E-state index is -0.132. The molecule has 2 amide bonds. The van der Waals surface area contributed by atoms with E-state index < -0.39 is 0 Å². The van der Waals surface area contributed by atoms with Crippen LogP contribution >= 0.6 is 0 Å². The summed E-state index contributed by atoms with van der Waals surface area (Å²) >= 11 is 0. The molecule has 1 heterocycles. The molecular weight excluding hydrogens is 276 g/mol. The number of carbonyl (C=O) groups is 1. The number of carbonyl (C=O) groups excluding carboxylic acids is 1. The Kier molecular flexibility index (Phi) is 4.78. The lowest BCUT2D eigenvalue weighted by Crippen LogP contribution is -2.43. The molecule has 22 heavy (non-hydrogen) atoms. The van der Waals surface area contributed by atoms with Gasteiger partial charge in [0.15, 0.2) is 0 Å². The first kappa shape index (κ1) is 15.1. The first-order valence-electron chi connectivity index (χ1n) is 8.16. The lowest BCUT2D eigenvalue weighted by molar-refractivity contribution is 0.0829. The second-order valence-electron chi connectivity index (χ2n) is 6.15. The molecule has 1 aliphatic carbocycles. The molecule has 4 nitrogen and oxygen atoms in total. The molecular formula is C18H24N2O2. The van der Waals surface area contributed by atoms with Crippen molar-refractivity contribution < 1.29 is 9.53 Å². The number of anilines is 1. The van der Waals surface area contributed by atoms with Crippen molar-refractivity contribution in [3.05, 3.63) is 42.5 Å². The van der Waals surface area contributed by atoms with Gasteiger partial charge in [0, 0.05) is 12.3 Å². The van der Waals surface area contributed by atoms with Gasteiger partial charge in [-0.1, -0.05) is 24.3 Å². The predicted molar refractivity (Wildman–Crippen MR) is 88.0 cm³/mol. The van der Waals surface area contributed by atoms with E-state index in [9.17, 15) is 4.79 Å². The zero-order chi connectivity index (χ0) is 15.4. The summed E-state index contributed by atoms with van der Waals surface area (Å²) in [6.07, 6.45) is 7.27. The van der Waals surface area contributed by atoms with E-state index >= 15 is 0 Å². The van der Waals surface area contributed by atoms with Gasteiger partial charge < -0.3 is 15.4 Å². The molecule has 0 bridgehead atoms. The van der Waals surface area contributed by atoms with Crippen LogP contribution in [0.1, 0.15) is 31.2 Å². The smallest absolute Gasteiger partial charge is 0.319 e. The van der Waals surface area contributed by atoms with Gasteiger partial charge in [-0.15, -0.1) is 6.58 Å². The molecule has 0 spiro atoms. The van der Waals surface area contributed by atoms with Crippen LogP contribution in [0.5, 0.6) is 0 Å². The Morgan fingerprint density at radius 2 is 2.14 bits per heavy atom. The van der Waals surface area contributed by atoms with Crippen LogP contribution in [0.4, 0.5) is 10.5 Å². The van der Waals surface area contributed by atoms with E-state index in [2.05, 4.69) is 17.2 Å². The molecule has 2 fully saturated rings. The van der Waals surface area contributed by atoms with E-state index in [1.807, 2.05) is 30.3 Å². The van der Waals surface area contributed by atoms with Crippen molar-refractivity contribution in [3.63, 3.8) is 0 Å². The van der Waals surface area contributed by atoms with E-state index in [0.29, 0.717) is 5.92 Å². The van der Waals surface area contributed by atoms with E-state index in [4.69, 9.17) is 4.74 Å². The minimum absolute atomic E-state index is 0.132. The number of amides is 2. The fourth-order valence-electron chi connectivity index (χ4n) is 3.10. The molecule has 1 saturated carbocycles. The van der Waals surface area contributed by atoms with Gasteiger partial charge in [-0.05, 0) is 49.7 Å². The Bertz CT molecular complexity index is 540. The van der Waals surface area contributed by atoms with Crippen molar-refractivity contribution in [2.75, 3.05) is 11.9 Å². The molecule has 0 radical (unpaired) electrons. The highest BCUT2D eigenvalue weighted by Crippen LogP contribution is 2.38. The summed E-state index contributed by atoms with van der Waals surface area (Å²) in [6, 6.07) is 7.94. The minimum Gasteiger partial charge on any atom is -0.376 e. The van der Waals surface area contributed by atoms with Crippen molar-refractivity contribution in [1.82, 2.24) is 5.32 Å². The topological polar surface area (TPSA) is 50.4 Å². The third-order valence-electron chi connectivity index (χ3n) is 4.42. The van der Waals surface area contributed by atoms with Crippen molar-refractivity contribution in [2.24, 2.45) is 5.92 Å². The molecule has 1 aromatic rings. The summed E-state index contributed by atoms with van der Waals surface area (Å²) in [7, 11) is 0. The van der Waals surface area contributed by atoms with E-state index in [-0.39, 0.29) is 18.2 Å². The molecule has 0 unspecified atom stereocenters. The average Bonchev–Trinajstić information content (AvgIpc) is 3.26. The van der Waals surface area contributed by atoms with Crippen LogP contribution in [0.25, 0.3) is 0 Å². The number of para-hydroxylation sites is 1. The number of nitrogens with one attached hydrogen (secondary N) is 2. The lowest BCUT2D eigenvalue weighted by atomic mass is 10.1. The zero-order valence-corrected chi connectivity index (χ0v) is 12.9. The largest absolute Gasteiger partial charge is 0.376 e. The number of hydrogen-bond donors (Lipinski definition) is 2. The van der Waals surface area contributed by atoms with Crippen LogP contribution < -0.4 is 10.6 Å². The molecule has 2 atom stereocenters. The molecule has 1 aromatic carbocycles. The third kappa shape index (κ3) is 3.69. The van der Waals surface area contributed by atoms with Crippen molar-refractivity contribution in [1.29, 1.82) is 0 Å². The molecule has 4 heteroatoms. The summed E-state index contributed by atoms with van der Waals surface area (Å²) in [4.78, 5) is 12.3. The Morgan fingerprint density at radius 1 is 1.32 bits per heavy atom. The van der Waals surface area contributed by atoms with Crippen LogP contribution in [-0.2, 0) is 11.2 Å². The van der Waals surface area contributed by atoms with Gasteiger partial charge >= 0.3 is 6.03 Å². The molecule has 1 saturated heterocycles. The van der Waals surface area contributed by atoms with Gasteiger partial charge in [0.1, 0.15) is 0 Å². The fourth-order valence-corrected chi connectivity index (χ4v) is 3.10. The van der Waals surface area contributed by atoms with Gasteiger partial charge in [0.05, 0.1) is 12.1 Å². The Labute approximate surface area is 131 Å². The van der Waals surface area contributed by atoms with Crippen molar-refractivity contribution in [3.8, 4) is 0 Å². The van der Waals surface area contributed by atoms with E-state index in [0.717, 1.165) is 37.1 Å². The van der Waals surface area contributed by atoms with E-state index in [1.165, 1.54) is 12.8 Å². The maximum Gasteiger partial charge on any atom is 0.319 e. The maximum absolute atomic E-state index is 12.3. The third-order valence-corrected chi connectivity index (χ3v) is 4.42. The molecule has 0 aromatic heterocycles. The summed E-state index contributed by atoms with van der Waals surface area (Å²) in [5.74, 6) is 0.646. The highest BCUT2D eigenvalue weighted by molar-refractivity contribution is 5.90. The normalized spacial score (nSPS) is 24.0. The first-order chi connectivity index (χ1) is 10.8. The summed E-state index contributed by atoms with van der Waals surface area (Å²) in [5.41, 5.74) is 2.02.